The lowest BCUT2D eigenvalue weighted by atomic mass is 9.94. The molecular formula is C19H21NO4. The van der Waals surface area contributed by atoms with E-state index < -0.39 is 5.97 Å². The number of carbonyl (C=O) groups excluding carboxylic acids is 1. The minimum Gasteiger partial charge on any atom is -0.508 e. The highest BCUT2D eigenvalue weighted by atomic mass is 16.5. The molecule has 5 nitrogen and oxygen atoms in total. The number of aliphatic hydroxyl groups is 1. The van der Waals surface area contributed by atoms with Crippen LogP contribution in [0.1, 0.15) is 19.3 Å². The molecule has 126 valence electrons. The maximum absolute atomic E-state index is 11.9. The number of methoxy groups -OCH3 is 1. The highest BCUT2D eigenvalue weighted by Crippen LogP contribution is 2.20. The second kappa shape index (κ2) is 8.72. The van der Waals surface area contributed by atoms with Crippen molar-refractivity contribution in [3.63, 3.8) is 0 Å². The quantitative estimate of drug-likeness (QED) is 0.214. The lowest BCUT2D eigenvalue weighted by molar-refractivity contribution is -0.135. The third-order valence-electron chi connectivity index (χ3n) is 3.71. The van der Waals surface area contributed by atoms with E-state index in [9.17, 15) is 15.0 Å². The van der Waals surface area contributed by atoms with Crippen LogP contribution in [0.4, 0.5) is 5.69 Å². The fraction of sp³-hybridized carbons (Fsp3) is 0.263. The Bertz CT molecular complexity index is 684. The number of hydrogen-bond acceptors (Lipinski definition) is 5. The number of esters is 1. The summed E-state index contributed by atoms with van der Waals surface area (Å²) in [5.41, 5.74) is 0.525. The van der Waals surface area contributed by atoms with Crippen LogP contribution in [0, 0.1) is 5.92 Å². The molecule has 1 aromatic rings. The first kappa shape index (κ1) is 17.5. The van der Waals surface area contributed by atoms with Gasteiger partial charge in [0.1, 0.15) is 17.1 Å². The Morgan fingerprint density at radius 2 is 2.04 bits per heavy atom. The average Bonchev–Trinajstić information content (AvgIpc) is 2.62. The van der Waals surface area contributed by atoms with Crippen molar-refractivity contribution in [1.29, 1.82) is 0 Å². The number of rotatable bonds is 5. The standard InChI is InChI=1S/C19H21NO4/c1-24-19(23)17(13-20-15-8-10-16(21)11-9-15)18(22)12-7-14-5-3-2-4-6-14/h2-3,7-14,21-22H,4-6H2,1H3. The number of phenolic OH excluding ortho intramolecular Hbond substituents is 1. The van der Waals surface area contributed by atoms with E-state index in [4.69, 9.17) is 4.74 Å². The van der Waals surface area contributed by atoms with E-state index in [1.807, 2.05) is 6.08 Å². The predicted molar refractivity (Wildman–Crippen MR) is 93.6 cm³/mol. The normalized spacial score (nSPS) is 18.8. The van der Waals surface area contributed by atoms with Crippen LogP contribution in [0.2, 0.25) is 0 Å². The molecule has 0 radical (unpaired) electrons. The summed E-state index contributed by atoms with van der Waals surface area (Å²) in [7, 11) is 1.25. The Kier molecular flexibility index (Phi) is 6.37. The van der Waals surface area contributed by atoms with Crippen molar-refractivity contribution in [1.82, 2.24) is 0 Å². The molecule has 1 aliphatic carbocycles. The summed E-state index contributed by atoms with van der Waals surface area (Å²) >= 11 is 0. The van der Waals surface area contributed by atoms with E-state index in [1.54, 1.807) is 12.1 Å². The summed E-state index contributed by atoms with van der Waals surface area (Å²) in [5.74, 6) is -0.364. The summed E-state index contributed by atoms with van der Waals surface area (Å²) in [5, 5.41) is 19.5. The Morgan fingerprint density at radius 1 is 1.29 bits per heavy atom. The molecule has 0 spiro atoms. The van der Waals surface area contributed by atoms with Crippen LogP contribution < -0.4 is 0 Å². The van der Waals surface area contributed by atoms with Gasteiger partial charge in [0, 0.05) is 6.21 Å². The molecule has 1 aromatic carbocycles. The molecule has 24 heavy (non-hydrogen) atoms. The van der Waals surface area contributed by atoms with E-state index >= 15 is 0 Å². The molecule has 0 aromatic heterocycles. The number of allylic oxidation sites excluding steroid dienone is 4. The Hall–Kier alpha value is -2.82. The van der Waals surface area contributed by atoms with E-state index in [2.05, 4.69) is 17.1 Å². The van der Waals surface area contributed by atoms with Gasteiger partial charge in [0.25, 0.3) is 0 Å². The molecule has 0 bridgehead atoms. The minimum atomic E-state index is -0.664. The van der Waals surface area contributed by atoms with Gasteiger partial charge in [0.2, 0.25) is 0 Å². The van der Waals surface area contributed by atoms with Gasteiger partial charge in [0.05, 0.1) is 12.8 Å². The van der Waals surface area contributed by atoms with Gasteiger partial charge in [0.15, 0.2) is 0 Å². The molecule has 2 N–H and O–H groups in total. The van der Waals surface area contributed by atoms with E-state index in [0.29, 0.717) is 11.6 Å². The smallest absolute Gasteiger partial charge is 0.343 e. The number of benzene rings is 1. The first-order chi connectivity index (χ1) is 11.6. The minimum absolute atomic E-state index is 0.0202. The molecule has 1 aliphatic rings. The summed E-state index contributed by atoms with van der Waals surface area (Å²) in [6, 6.07) is 6.18. The van der Waals surface area contributed by atoms with Crippen LogP contribution in [0.5, 0.6) is 5.75 Å². The van der Waals surface area contributed by atoms with Crippen molar-refractivity contribution in [2.24, 2.45) is 10.9 Å². The van der Waals surface area contributed by atoms with E-state index in [0.717, 1.165) is 19.3 Å². The monoisotopic (exact) mass is 327 g/mol. The molecule has 1 atom stereocenters. The van der Waals surface area contributed by atoms with Crippen LogP contribution in [0.25, 0.3) is 0 Å². The molecule has 0 amide bonds. The second-order valence-electron chi connectivity index (χ2n) is 5.47. The zero-order valence-corrected chi connectivity index (χ0v) is 13.6. The first-order valence-corrected chi connectivity index (χ1v) is 7.78. The van der Waals surface area contributed by atoms with Crippen molar-refractivity contribution in [3.8, 4) is 5.75 Å². The van der Waals surface area contributed by atoms with Gasteiger partial charge >= 0.3 is 5.97 Å². The number of carbonyl (C=O) groups is 1. The lowest BCUT2D eigenvalue weighted by Crippen LogP contribution is -2.09. The van der Waals surface area contributed by atoms with E-state index in [-0.39, 0.29) is 17.1 Å². The van der Waals surface area contributed by atoms with Gasteiger partial charge < -0.3 is 14.9 Å². The van der Waals surface area contributed by atoms with Crippen molar-refractivity contribution in [3.05, 3.63) is 59.9 Å². The number of ether oxygens (including phenoxy) is 1. The maximum atomic E-state index is 11.9. The Morgan fingerprint density at radius 3 is 2.67 bits per heavy atom. The van der Waals surface area contributed by atoms with Gasteiger partial charge in [-0.25, -0.2) is 4.79 Å². The topological polar surface area (TPSA) is 79.1 Å². The SMILES string of the molecule is COC(=O)C(C=Nc1ccc(O)cc1)=C(O)C=CC1CC=CCC1. The molecule has 0 heterocycles. The molecule has 0 fully saturated rings. The Balaban J connectivity index is 2.19. The molecule has 1 unspecified atom stereocenters. The third-order valence-corrected chi connectivity index (χ3v) is 3.71. The second-order valence-corrected chi connectivity index (χ2v) is 5.47. The number of aliphatic imine (C=N–C) groups is 1. The first-order valence-electron chi connectivity index (χ1n) is 7.78. The lowest BCUT2D eigenvalue weighted by Gasteiger charge is -2.12. The van der Waals surface area contributed by atoms with Gasteiger partial charge in [-0.1, -0.05) is 18.2 Å². The van der Waals surface area contributed by atoms with Gasteiger partial charge in [-0.15, -0.1) is 0 Å². The summed E-state index contributed by atoms with van der Waals surface area (Å²) in [6.07, 6.45) is 11.9. The van der Waals surface area contributed by atoms with Crippen molar-refractivity contribution in [2.45, 2.75) is 19.3 Å². The number of hydrogen-bond donors (Lipinski definition) is 2. The average molecular weight is 327 g/mol. The van der Waals surface area contributed by atoms with Crippen molar-refractivity contribution in [2.75, 3.05) is 7.11 Å². The molecular weight excluding hydrogens is 306 g/mol. The highest BCUT2D eigenvalue weighted by Gasteiger charge is 2.13. The predicted octanol–water partition coefficient (Wildman–Crippen LogP) is 3.99. The van der Waals surface area contributed by atoms with Gasteiger partial charge in [-0.3, -0.25) is 4.99 Å². The third kappa shape index (κ3) is 5.12. The van der Waals surface area contributed by atoms with Gasteiger partial charge in [-0.2, -0.15) is 0 Å². The van der Waals surface area contributed by atoms with Crippen LogP contribution >= 0.6 is 0 Å². The van der Waals surface area contributed by atoms with Crippen LogP contribution in [-0.2, 0) is 9.53 Å². The van der Waals surface area contributed by atoms with E-state index in [1.165, 1.54) is 31.5 Å². The fourth-order valence-electron chi connectivity index (χ4n) is 2.32. The van der Waals surface area contributed by atoms with Gasteiger partial charge in [-0.05, 0) is 55.5 Å². The summed E-state index contributed by atoms with van der Waals surface area (Å²) in [6.45, 7) is 0. The number of aromatic hydroxyl groups is 1. The number of aliphatic hydroxyl groups excluding tert-OH is 1. The molecule has 0 saturated heterocycles. The Labute approximate surface area is 141 Å². The fourth-order valence-corrected chi connectivity index (χ4v) is 2.32. The zero-order valence-electron chi connectivity index (χ0n) is 13.6. The van der Waals surface area contributed by atoms with Crippen LogP contribution in [-0.4, -0.2) is 29.5 Å². The maximum Gasteiger partial charge on any atom is 0.343 e. The van der Waals surface area contributed by atoms with Crippen LogP contribution in [0.3, 0.4) is 0 Å². The number of phenols is 1. The largest absolute Gasteiger partial charge is 0.508 e. The zero-order chi connectivity index (χ0) is 17.4. The van der Waals surface area contributed by atoms with Crippen molar-refractivity contribution >= 4 is 17.9 Å². The van der Waals surface area contributed by atoms with Crippen molar-refractivity contribution < 1.29 is 19.7 Å². The highest BCUT2D eigenvalue weighted by molar-refractivity contribution is 6.10. The molecule has 0 saturated carbocycles. The number of nitrogens with zero attached hydrogens (tertiary/aromatic N) is 1. The molecule has 0 aliphatic heterocycles. The summed E-state index contributed by atoms with van der Waals surface area (Å²) < 4.78 is 4.70. The summed E-state index contributed by atoms with van der Waals surface area (Å²) in [4.78, 5) is 16.0. The van der Waals surface area contributed by atoms with Crippen LogP contribution in [0.15, 0.2) is 64.9 Å². The molecule has 5 heteroatoms. The molecule has 2 rings (SSSR count).